The largest absolute Gasteiger partial charge is 0.497 e. The van der Waals surface area contributed by atoms with Gasteiger partial charge < -0.3 is 9.64 Å². The van der Waals surface area contributed by atoms with Crippen molar-refractivity contribution in [1.29, 1.82) is 0 Å². The Hall–Kier alpha value is -2.64. The lowest BCUT2D eigenvalue weighted by Gasteiger charge is -2.27. The molecule has 0 amide bonds. The van der Waals surface area contributed by atoms with Gasteiger partial charge in [-0.15, -0.1) is 12.4 Å². The lowest BCUT2D eigenvalue weighted by molar-refractivity contribution is 0.279. The highest BCUT2D eigenvalue weighted by Crippen LogP contribution is 2.45. The quantitative estimate of drug-likeness (QED) is 0.656. The van der Waals surface area contributed by atoms with E-state index in [1.54, 1.807) is 7.11 Å². The molecule has 0 unspecified atom stereocenters. The predicted octanol–water partition coefficient (Wildman–Crippen LogP) is 2.83. The highest BCUT2D eigenvalue weighted by molar-refractivity contribution is 5.85. The second-order valence-corrected chi connectivity index (χ2v) is 7.71. The molecule has 0 bridgehead atoms. The van der Waals surface area contributed by atoms with Gasteiger partial charge in [-0.25, -0.2) is 0 Å². The number of halogens is 1. The maximum absolute atomic E-state index is 5.32. The number of hydrogen-bond acceptors (Lipinski definition) is 6. The Balaban J connectivity index is 0.00000205. The van der Waals surface area contributed by atoms with Gasteiger partial charge in [0.25, 0.3) is 0 Å². The molecule has 0 radical (unpaired) electrons. The fourth-order valence-electron chi connectivity index (χ4n) is 4.84. The molecule has 2 aromatic carbocycles. The number of nitrogens with zero attached hydrogens (tertiary/aromatic N) is 6. The molecule has 0 saturated carbocycles. The number of tetrazole rings is 1. The summed E-state index contributed by atoms with van der Waals surface area (Å²) in [5.74, 6) is 2.89. The molecular formula is C21H25ClN6O. The maximum atomic E-state index is 5.32. The van der Waals surface area contributed by atoms with E-state index < -0.39 is 0 Å². The average Bonchev–Trinajstić information content (AvgIpc) is 3.43. The molecule has 5 rings (SSSR count). The highest BCUT2D eigenvalue weighted by atomic mass is 35.5. The van der Waals surface area contributed by atoms with Gasteiger partial charge in [-0.2, -0.15) is 4.68 Å². The standard InChI is InChI=1S/C21H24N6O.ClH/c1-25-12-16-13-26(21-22-23-24-27(21)17-6-4-3-5-7-17)14-19(16)20(25)15-8-10-18(28-2)11-9-15;/h3-11,16,19-20H,12-14H2,1-2H3;1H/t16-,19+,20+;/m0./s1. The van der Waals surface area contributed by atoms with Gasteiger partial charge in [0, 0.05) is 31.6 Å². The van der Waals surface area contributed by atoms with Crippen molar-refractivity contribution < 1.29 is 4.74 Å². The van der Waals surface area contributed by atoms with E-state index in [1.165, 1.54) is 5.56 Å². The first-order valence-corrected chi connectivity index (χ1v) is 9.67. The number of rotatable bonds is 4. The zero-order chi connectivity index (χ0) is 19.1. The Morgan fingerprint density at radius 3 is 2.45 bits per heavy atom. The van der Waals surface area contributed by atoms with E-state index in [1.807, 2.05) is 35.0 Å². The van der Waals surface area contributed by atoms with E-state index >= 15 is 0 Å². The third-order valence-electron chi connectivity index (χ3n) is 6.09. The molecule has 0 aliphatic carbocycles. The van der Waals surface area contributed by atoms with Crippen molar-refractivity contribution in [1.82, 2.24) is 25.1 Å². The fourth-order valence-corrected chi connectivity index (χ4v) is 4.84. The van der Waals surface area contributed by atoms with Crippen LogP contribution in [0.15, 0.2) is 54.6 Å². The molecule has 3 atom stereocenters. The zero-order valence-corrected chi connectivity index (χ0v) is 17.4. The lowest BCUT2D eigenvalue weighted by atomic mass is 9.89. The van der Waals surface area contributed by atoms with Crippen molar-refractivity contribution in [3.8, 4) is 11.4 Å². The van der Waals surface area contributed by atoms with Gasteiger partial charge in [0.05, 0.1) is 12.8 Å². The molecule has 29 heavy (non-hydrogen) atoms. The summed E-state index contributed by atoms with van der Waals surface area (Å²) in [4.78, 5) is 4.82. The second-order valence-electron chi connectivity index (χ2n) is 7.71. The number of ether oxygens (including phenoxy) is 1. The molecule has 2 aliphatic rings. The molecule has 2 fully saturated rings. The van der Waals surface area contributed by atoms with Crippen LogP contribution >= 0.6 is 12.4 Å². The van der Waals surface area contributed by atoms with Crippen LogP contribution in [-0.2, 0) is 0 Å². The summed E-state index contributed by atoms with van der Waals surface area (Å²) < 4.78 is 7.16. The Morgan fingerprint density at radius 1 is 0.966 bits per heavy atom. The van der Waals surface area contributed by atoms with E-state index in [-0.39, 0.29) is 12.4 Å². The summed E-state index contributed by atoms with van der Waals surface area (Å²) in [6.07, 6.45) is 0. The van der Waals surface area contributed by atoms with Gasteiger partial charge in [0.2, 0.25) is 5.95 Å². The van der Waals surface area contributed by atoms with Crippen molar-refractivity contribution in [2.24, 2.45) is 11.8 Å². The summed E-state index contributed by atoms with van der Waals surface area (Å²) >= 11 is 0. The first-order valence-electron chi connectivity index (χ1n) is 9.67. The molecule has 0 spiro atoms. The Kier molecular flexibility index (Phi) is 5.43. The minimum atomic E-state index is 0. The molecule has 2 aliphatic heterocycles. The van der Waals surface area contributed by atoms with Gasteiger partial charge in [-0.1, -0.05) is 35.4 Å². The molecule has 8 heteroatoms. The van der Waals surface area contributed by atoms with Crippen LogP contribution in [0, 0.1) is 11.8 Å². The van der Waals surface area contributed by atoms with Crippen molar-refractivity contribution in [3.63, 3.8) is 0 Å². The summed E-state index contributed by atoms with van der Waals surface area (Å²) in [6.45, 7) is 3.03. The van der Waals surface area contributed by atoms with E-state index in [4.69, 9.17) is 4.74 Å². The number of methoxy groups -OCH3 is 1. The van der Waals surface area contributed by atoms with Gasteiger partial charge in [0.15, 0.2) is 0 Å². The average molecular weight is 413 g/mol. The van der Waals surface area contributed by atoms with Crippen molar-refractivity contribution in [2.45, 2.75) is 6.04 Å². The predicted molar refractivity (Wildman–Crippen MR) is 114 cm³/mol. The number of benzene rings is 2. The first-order chi connectivity index (χ1) is 13.7. The zero-order valence-electron chi connectivity index (χ0n) is 16.5. The van der Waals surface area contributed by atoms with Crippen molar-refractivity contribution in [3.05, 3.63) is 60.2 Å². The first kappa shape index (κ1) is 19.7. The molecule has 1 aromatic heterocycles. The summed E-state index contributed by atoms with van der Waals surface area (Å²) in [5.41, 5.74) is 2.34. The van der Waals surface area contributed by atoms with Crippen LogP contribution in [0.3, 0.4) is 0 Å². The number of fused-ring (bicyclic) bond motifs is 1. The summed E-state index contributed by atoms with van der Waals surface area (Å²) in [6, 6.07) is 19.0. The van der Waals surface area contributed by atoms with Crippen molar-refractivity contribution in [2.75, 3.05) is 38.7 Å². The lowest BCUT2D eigenvalue weighted by Crippen LogP contribution is -2.30. The molecule has 3 aromatic rings. The molecule has 3 heterocycles. The van der Waals surface area contributed by atoms with Gasteiger partial charge in [-0.3, -0.25) is 4.90 Å². The highest BCUT2D eigenvalue weighted by Gasteiger charge is 2.47. The molecule has 2 saturated heterocycles. The summed E-state index contributed by atoms with van der Waals surface area (Å²) in [5, 5.41) is 12.5. The second kappa shape index (κ2) is 8.00. The van der Waals surface area contributed by atoms with Gasteiger partial charge in [-0.05, 0) is 53.2 Å². The van der Waals surface area contributed by atoms with E-state index in [0.29, 0.717) is 17.9 Å². The van der Waals surface area contributed by atoms with E-state index in [2.05, 4.69) is 56.6 Å². The van der Waals surface area contributed by atoms with E-state index in [0.717, 1.165) is 37.0 Å². The number of anilines is 1. The van der Waals surface area contributed by atoms with Crippen LogP contribution in [0.4, 0.5) is 5.95 Å². The number of aromatic nitrogens is 4. The monoisotopic (exact) mass is 412 g/mol. The third kappa shape index (κ3) is 3.45. The van der Waals surface area contributed by atoms with Gasteiger partial charge in [0.1, 0.15) is 5.75 Å². The number of hydrogen-bond donors (Lipinski definition) is 0. The smallest absolute Gasteiger partial charge is 0.250 e. The topological polar surface area (TPSA) is 59.3 Å². The van der Waals surface area contributed by atoms with Crippen LogP contribution in [0.5, 0.6) is 5.75 Å². The Bertz CT molecular complexity index is 947. The fraction of sp³-hybridized carbons (Fsp3) is 0.381. The van der Waals surface area contributed by atoms with Crippen LogP contribution in [0.2, 0.25) is 0 Å². The molecule has 152 valence electrons. The van der Waals surface area contributed by atoms with E-state index in [9.17, 15) is 0 Å². The van der Waals surface area contributed by atoms with Gasteiger partial charge >= 0.3 is 0 Å². The minimum absolute atomic E-state index is 0. The number of likely N-dealkylation sites (tertiary alicyclic amines) is 1. The van der Waals surface area contributed by atoms with Crippen LogP contribution in [0.25, 0.3) is 5.69 Å². The Morgan fingerprint density at radius 2 is 1.72 bits per heavy atom. The maximum Gasteiger partial charge on any atom is 0.250 e. The van der Waals surface area contributed by atoms with Crippen LogP contribution in [-0.4, -0.2) is 58.9 Å². The summed E-state index contributed by atoms with van der Waals surface area (Å²) in [7, 11) is 3.93. The minimum Gasteiger partial charge on any atom is -0.497 e. The van der Waals surface area contributed by atoms with Crippen molar-refractivity contribution >= 4 is 18.4 Å². The molecule has 0 N–H and O–H groups in total. The SMILES string of the molecule is COc1ccc([C@@H]2[C@@H]3CN(c4nnnn4-c4ccccc4)C[C@@H]3CN2C)cc1.Cl. The van der Waals surface area contributed by atoms with Crippen LogP contribution in [0.1, 0.15) is 11.6 Å². The molecule has 7 nitrogen and oxygen atoms in total. The van der Waals surface area contributed by atoms with Crippen LogP contribution < -0.4 is 9.64 Å². The number of para-hydroxylation sites is 1. The Labute approximate surface area is 176 Å². The third-order valence-corrected chi connectivity index (χ3v) is 6.09. The molecular weight excluding hydrogens is 388 g/mol. The normalized spacial score (nSPS) is 23.7.